The van der Waals surface area contributed by atoms with Gasteiger partial charge in [-0.1, -0.05) is 11.6 Å². The molecule has 2 aliphatic heterocycles. The van der Waals surface area contributed by atoms with Gasteiger partial charge in [0.1, 0.15) is 5.82 Å². The standard InChI is InChI=1S/C16H18ClFO3/c17-12-1-2-14(18)13(9-12)15(19)11-3-6-21-16(10-11)4-7-20-8-5-16/h1-2,9,11H,3-8,10H2. The summed E-state index contributed by atoms with van der Waals surface area (Å²) < 4.78 is 25.2. The molecule has 21 heavy (non-hydrogen) atoms. The highest BCUT2D eigenvalue weighted by Crippen LogP contribution is 2.38. The maximum Gasteiger partial charge on any atom is 0.169 e. The van der Waals surface area contributed by atoms with Crippen molar-refractivity contribution >= 4 is 17.4 Å². The third-order valence-corrected chi connectivity index (χ3v) is 4.70. The molecule has 1 aromatic rings. The van der Waals surface area contributed by atoms with Gasteiger partial charge in [-0.15, -0.1) is 0 Å². The van der Waals surface area contributed by atoms with Crippen LogP contribution in [0.5, 0.6) is 0 Å². The summed E-state index contributed by atoms with van der Waals surface area (Å²) in [6.07, 6.45) is 2.87. The summed E-state index contributed by atoms with van der Waals surface area (Å²) in [5.74, 6) is -0.870. The van der Waals surface area contributed by atoms with Crippen molar-refractivity contribution in [2.75, 3.05) is 19.8 Å². The summed E-state index contributed by atoms with van der Waals surface area (Å²) in [6.45, 7) is 1.86. The average Bonchev–Trinajstić information content (AvgIpc) is 2.50. The minimum Gasteiger partial charge on any atom is -0.381 e. The van der Waals surface area contributed by atoms with Crippen LogP contribution in [-0.2, 0) is 9.47 Å². The normalized spacial score (nSPS) is 25.0. The number of carbonyl (C=O) groups is 1. The van der Waals surface area contributed by atoms with Gasteiger partial charge in [0.2, 0.25) is 0 Å². The van der Waals surface area contributed by atoms with E-state index in [4.69, 9.17) is 21.1 Å². The van der Waals surface area contributed by atoms with Crippen LogP contribution in [0, 0.1) is 11.7 Å². The molecule has 3 rings (SSSR count). The van der Waals surface area contributed by atoms with E-state index < -0.39 is 5.82 Å². The summed E-state index contributed by atoms with van der Waals surface area (Å²) in [6, 6.07) is 4.13. The summed E-state index contributed by atoms with van der Waals surface area (Å²) in [7, 11) is 0. The maximum atomic E-state index is 13.9. The molecule has 0 bridgehead atoms. The van der Waals surface area contributed by atoms with Crippen LogP contribution in [-0.4, -0.2) is 31.2 Å². The fraction of sp³-hybridized carbons (Fsp3) is 0.562. The van der Waals surface area contributed by atoms with E-state index in [1.807, 2.05) is 0 Å². The van der Waals surface area contributed by atoms with Crippen LogP contribution in [0.4, 0.5) is 4.39 Å². The molecule has 3 nitrogen and oxygen atoms in total. The molecule has 2 saturated heterocycles. The van der Waals surface area contributed by atoms with Crippen molar-refractivity contribution < 1.29 is 18.7 Å². The largest absolute Gasteiger partial charge is 0.381 e. The summed E-state index contributed by atoms with van der Waals surface area (Å²) in [4.78, 5) is 12.6. The zero-order valence-electron chi connectivity index (χ0n) is 11.7. The minimum atomic E-state index is -0.503. The quantitative estimate of drug-likeness (QED) is 0.782. The molecule has 5 heteroatoms. The van der Waals surface area contributed by atoms with E-state index in [1.165, 1.54) is 18.2 Å². The summed E-state index contributed by atoms with van der Waals surface area (Å²) in [5.41, 5.74) is -0.178. The first-order chi connectivity index (χ1) is 10.1. The van der Waals surface area contributed by atoms with E-state index in [2.05, 4.69) is 0 Å². The van der Waals surface area contributed by atoms with Crippen LogP contribution in [0.1, 0.15) is 36.0 Å². The fourth-order valence-electron chi connectivity index (χ4n) is 3.25. The van der Waals surface area contributed by atoms with Crippen LogP contribution < -0.4 is 0 Å². The van der Waals surface area contributed by atoms with Crippen molar-refractivity contribution in [3.63, 3.8) is 0 Å². The van der Waals surface area contributed by atoms with Crippen molar-refractivity contribution in [1.82, 2.24) is 0 Å². The minimum absolute atomic E-state index is 0.0941. The van der Waals surface area contributed by atoms with Crippen LogP contribution in [0.2, 0.25) is 5.02 Å². The molecule has 1 aromatic carbocycles. The molecular formula is C16H18ClFO3. The van der Waals surface area contributed by atoms with Crippen molar-refractivity contribution in [3.8, 4) is 0 Å². The molecule has 0 radical (unpaired) electrons. The SMILES string of the molecule is O=C(c1cc(Cl)ccc1F)C1CCOC2(CCOCC2)C1. The lowest BCUT2D eigenvalue weighted by atomic mass is 9.78. The Morgan fingerprint density at radius 3 is 2.81 bits per heavy atom. The molecule has 0 N–H and O–H groups in total. The monoisotopic (exact) mass is 312 g/mol. The molecule has 0 saturated carbocycles. The number of hydrogen-bond donors (Lipinski definition) is 0. The van der Waals surface area contributed by atoms with Crippen LogP contribution in [0.25, 0.3) is 0 Å². The zero-order valence-corrected chi connectivity index (χ0v) is 12.5. The van der Waals surface area contributed by atoms with Crippen LogP contribution in [0.3, 0.4) is 0 Å². The van der Waals surface area contributed by atoms with Crippen LogP contribution in [0.15, 0.2) is 18.2 Å². The lowest BCUT2D eigenvalue weighted by Crippen LogP contribution is -2.46. The Morgan fingerprint density at radius 2 is 2.05 bits per heavy atom. The number of ketones is 1. The molecule has 114 valence electrons. The number of hydrogen-bond acceptors (Lipinski definition) is 3. The van der Waals surface area contributed by atoms with Gasteiger partial charge in [-0.05, 0) is 43.9 Å². The molecule has 2 aliphatic rings. The lowest BCUT2D eigenvalue weighted by Gasteiger charge is -2.42. The highest BCUT2D eigenvalue weighted by molar-refractivity contribution is 6.31. The van der Waals surface area contributed by atoms with Crippen molar-refractivity contribution in [1.29, 1.82) is 0 Å². The Kier molecular flexibility index (Phi) is 4.29. The Bertz CT molecular complexity index is 535. The average molecular weight is 313 g/mol. The molecular weight excluding hydrogens is 295 g/mol. The van der Waals surface area contributed by atoms with Gasteiger partial charge in [-0.3, -0.25) is 4.79 Å². The first kappa shape index (κ1) is 14.9. The molecule has 2 fully saturated rings. The lowest BCUT2D eigenvalue weighted by molar-refractivity contribution is -0.142. The number of carbonyl (C=O) groups excluding carboxylic acids is 1. The van der Waals surface area contributed by atoms with Gasteiger partial charge in [0, 0.05) is 30.8 Å². The molecule has 0 amide bonds. The third kappa shape index (κ3) is 3.12. The van der Waals surface area contributed by atoms with Gasteiger partial charge in [-0.25, -0.2) is 4.39 Å². The number of halogens is 2. The molecule has 2 heterocycles. The van der Waals surface area contributed by atoms with E-state index >= 15 is 0 Å². The van der Waals surface area contributed by atoms with Gasteiger partial charge in [-0.2, -0.15) is 0 Å². The molecule has 1 atom stereocenters. The highest BCUT2D eigenvalue weighted by atomic mass is 35.5. The number of Topliss-reactive ketones (excluding diaryl/α,β-unsaturated/α-hetero) is 1. The van der Waals surface area contributed by atoms with Crippen molar-refractivity contribution in [2.45, 2.75) is 31.3 Å². The topological polar surface area (TPSA) is 35.5 Å². The number of ether oxygens (including phenoxy) is 2. The second kappa shape index (κ2) is 6.03. The van der Waals surface area contributed by atoms with Gasteiger partial charge in [0.25, 0.3) is 0 Å². The second-order valence-corrected chi connectivity index (χ2v) is 6.26. The van der Waals surface area contributed by atoms with Gasteiger partial charge < -0.3 is 9.47 Å². The Labute approximate surface area is 128 Å². The van der Waals surface area contributed by atoms with Gasteiger partial charge in [0.05, 0.1) is 11.2 Å². The van der Waals surface area contributed by atoms with E-state index in [-0.39, 0.29) is 22.9 Å². The van der Waals surface area contributed by atoms with E-state index in [1.54, 1.807) is 0 Å². The van der Waals surface area contributed by atoms with Crippen molar-refractivity contribution in [2.24, 2.45) is 5.92 Å². The second-order valence-electron chi connectivity index (χ2n) is 5.82. The predicted molar refractivity (Wildman–Crippen MR) is 77.2 cm³/mol. The van der Waals surface area contributed by atoms with Gasteiger partial charge in [0.15, 0.2) is 5.78 Å². The van der Waals surface area contributed by atoms with Gasteiger partial charge >= 0.3 is 0 Å². The Hall–Kier alpha value is -0.970. The summed E-state index contributed by atoms with van der Waals surface area (Å²) >= 11 is 5.88. The molecule has 1 unspecified atom stereocenters. The summed E-state index contributed by atoms with van der Waals surface area (Å²) in [5, 5.41) is 0.382. The van der Waals surface area contributed by atoms with Crippen molar-refractivity contribution in [3.05, 3.63) is 34.6 Å². The van der Waals surface area contributed by atoms with E-state index in [9.17, 15) is 9.18 Å². The molecule has 0 aliphatic carbocycles. The Balaban J connectivity index is 1.79. The van der Waals surface area contributed by atoms with E-state index in [0.29, 0.717) is 37.7 Å². The highest BCUT2D eigenvalue weighted by Gasteiger charge is 2.41. The fourth-order valence-corrected chi connectivity index (χ4v) is 3.42. The maximum absolute atomic E-state index is 13.9. The predicted octanol–water partition coefficient (Wildman–Crippen LogP) is 3.64. The number of rotatable bonds is 2. The smallest absolute Gasteiger partial charge is 0.169 e. The first-order valence-electron chi connectivity index (χ1n) is 7.31. The number of benzene rings is 1. The first-order valence-corrected chi connectivity index (χ1v) is 7.68. The van der Waals surface area contributed by atoms with E-state index in [0.717, 1.165) is 12.8 Å². The molecule has 1 spiro atoms. The third-order valence-electron chi connectivity index (χ3n) is 4.46. The zero-order chi connectivity index (χ0) is 14.9. The Morgan fingerprint density at radius 1 is 1.29 bits per heavy atom. The molecule has 0 aromatic heterocycles. The van der Waals surface area contributed by atoms with Crippen LogP contribution >= 0.6 is 11.6 Å².